The van der Waals surface area contributed by atoms with E-state index in [1.165, 1.54) is 12.1 Å². The van der Waals surface area contributed by atoms with E-state index in [9.17, 15) is 13.2 Å². The summed E-state index contributed by atoms with van der Waals surface area (Å²) in [7, 11) is 0. The summed E-state index contributed by atoms with van der Waals surface area (Å²) in [6, 6.07) is 5.75. The summed E-state index contributed by atoms with van der Waals surface area (Å²) in [5.41, 5.74) is -0.179. The van der Waals surface area contributed by atoms with Crippen LogP contribution in [0.4, 0.5) is 13.2 Å². The average Bonchev–Trinajstić information content (AvgIpc) is 2.23. The molecule has 1 N–H and O–H groups in total. The highest BCUT2D eigenvalue weighted by Gasteiger charge is 2.34. The minimum absolute atomic E-state index is 0.0265. The van der Waals surface area contributed by atoms with E-state index in [2.05, 4.69) is 12.2 Å². The molecule has 2 rings (SSSR count). The Hall–Kier alpha value is -1.03. The molecule has 1 aliphatic carbocycles. The van der Waals surface area contributed by atoms with Gasteiger partial charge in [-0.25, -0.2) is 0 Å². The smallest absolute Gasteiger partial charge is 0.307 e. The van der Waals surface area contributed by atoms with Gasteiger partial charge in [-0.15, -0.1) is 0 Å². The Morgan fingerprint density at radius 1 is 1.24 bits per heavy atom. The van der Waals surface area contributed by atoms with Gasteiger partial charge in [0.2, 0.25) is 0 Å². The van der Waals surface area contributed by atoms with Gasteiger partial charge in [0.25, 0.3) is 0 Å². The minimum atomic E-state index is -4.27. The van der Waals surface area contributed by atoms with E-state index in [0.29, 0.717) is 5.56 Å². The van der Waals surface area contributed by atoms with E-state index in [4.69, 9.17) is 0 Å². The molecule has 1 aliphatic rings. The largest absolute Gasteiger partial charge is 0.416 e. The van der Waals surface area contributed by atoms with Crippen molar-refractivity contribution in [1.82, 2.24) is 5.32 Å². The van der Waals surface area contributed by atoms with Crippen LogP contribution in [0, 0.1) is 0 Å². The standard InChI is InChI=1S/C13H16F3N/c1-12(7-4-8-12)17-9-10-5-2-3-6-11(10)13(14,15)16/h2-3,5-6,17H,4,7-9H2,1H3. The van der Waals surface area contributed by atoms with Crippen LogP contribution in [0.3, 0.4) is 0 Å². The van der Waals surface area contributed by atoms with Gasteiger partial charge in [-0.05, 0) is 37.8 Å². The van der Waals surface area contributed by atoms with Gasteiger partial charge in [0.05, 0.1) is 5.56 Å². The second kappa shape index (κ2) is 4.33. The van der Waals surface area contributed by atoms with Crippen molar-refractivity contribution in [2.45, 2.75) is 44.4 Å². The van der Waals surface area contributed by atoms with Crippen molar-refractivity contribution in [2.75, 3.05) is 0 Å². The van der Waals surface area contributed by atoms with Crippen LogP contribution < -0.4 is 5.32 Å². The van der Waals surface area contributed by atoms with Gasteiger partial charge in [0.15, 0.2) is 0 Å². The number of rotatable bonds is 3. The van der Waals surface area contributed by atoms with Crippen molar-refractivity contribution in [3.8, 4) is 0 Å². The third-order valence-electron chi connectivity index (χ3n) is 3.49. The Morgan fingerprint density at radius 2 is 1.88 bits per heavy atom. The van der Waals surface area contributed by atoms with Crippen LogP contribution in [0.15, 0.2) is 24.3 Å². The SMILES string of the molecule is CC1(NCc2ccccc2C(F)(F)F)CCC1. The van der Waals surface area contributed by atoms with Crippen LogP contribution in [-0.4, -0.2) is 5.54 Å². The van der Waals surface area contributed by atoms with E-state index < -0.39 is 11.7 Å². The molecule has 0 bridgehead atoms. The highest BCUT2D eigenvalue weighted by molar-refractivity contribution is 5.29. The Labute approximate surface area is 99.0 Å². The van der Waals surface area contributed by atoms with E-state index in [1.807, 2.05) is 0 Å². The van der Waals surface area contributed by atoms with Crippen molar-refractivity contribution in [1.29, 1.82) is 0 Å². The van der Waals surface area contributed by atoms with Crippen molar-refractivity contribution in [3.63, 3.8) is 0 Å². The monoisotopic (exact) mass is 243 g/mol. The molecule has 0 radical (unpaired) electrons. The summed E-state index contributed by atoms with van der Waals surface area (Å²) in [6.45, 7) is 2.35. The maximum atomic E-state index is 12.7. The Kier molecular flexibility index (Phi) is 3.17. The average molecular weight is 243 g/mol. The first-order chi connectivity index (χ1) is 7.91. The number of hydrogen-bond acceptors (Lipinski definition) is 1. The summed E-state index contributed by atoms with van der Waals surface area (Å²) < 4.78 is 38.2. The summed E-state index contributed by atoms with van der Waals surface area (Å²) in [4.78, 5) is 0. The van der Waals surface area contributed by atoms with Crippen LogP contribution >= 0.6 is 0 Å². The second-order valence-corrected chi connectivity index (χ2v) is 4.92. The molecule has 1 aromatic carbocycles. The van der Waals surface area contributed by atoms with Crippen LogP contribution in [0.2, 0.25) is 0 Å². The first-order valence-corrected chi connectivity index (χ1v) is 5.81. The Morgan fingerprint density at radius 3 is 2.41 bits per heavy atom. The molecule has 1 aromatic rings. The van der Waals surface area contributed by atoms with Gasteiger partial charge in [-0.2, -0.15) is 13.2 Å². The molecule has 1 fully saturated rings. The molecule has 94 valence electrons. The molecular weight excluding hydrogens is 227 g/mol. The summed E-state index contributed by atoms with van der Waals surface area (Å²) in [5.74, 6) is 0. The Bertz CT molecular complexity index is 394. The van der Waals surface area contributed by atoms with Gasteiger partial charge in [-0.3, -0.25) is 0 Å². The fourth-order valence-corrected chi connectivity index (χ4v) is 2.14. The second-order valence-electron chi connectivity index (χ2n) is 4.92. The number of halogens is 3. The van der Waals surface area contributed by atoms with E-state index in [1.54, 1.807) is 6.07 Å². The Balaban J connectivity index is 2.10. The van der Waals surface area contributed by atoms with E-state index >= 15 is 0 Å². The van der Waals surface area contributed by atoms with Gasteiger partial charge >= 0.3 is 6.18 Å². The molecule has 1 nitrogen and oxygen atoms in total. The normalized spacial score (nSPS) is 18.8. The lowest BCUT2D eigenvalue weighted by atomic mass is 9.78. The molecule has 17 heavy (non-hydrogen) atoms. The topological polar surface area (TPSA) is 12.0 Å². The van der Waals surface area contributed by atoms with Gasteiger partial charge in [-0.1, -0.05) is 18.2 Å². The number of nitrogens with one attached hydrogen (secondary N) is 1. The quantitative estimate of drug-likeness (QED) is 0.852. The van der Waals surface area contributed by atoms with E-state index in [0.717, 1.165) is 25.3 Å². The summed E-state index contributed by atoms with van der Waals surface area (Å²) in [5, 5.41) is 3.22. The van der Waals surface area contributed by atoms with Crippen LogP contribution in [0.5, 0.6) is 0 Å². The molecule has 4 heteroatoms. The molecule has 0 aliphatic heterocycles. The minimum Gasteiger partial charge on any atom is -0.307 e. The van der Waals surface area contributed by atoms with Crippen LogP contribution in [0.25, 0.3) is 0 Å². The van der Waals surface area contributed by atoms with Gasteiger partial charge < -0.3 is 5.32 Å². The fourth-order valence-electron chi connectivity index (χ4n) is 2.14. The lowest BCUT2D eigenvalue weighted by Crippen LogP contribution is -2.47. The predicted octanol–water partition coefficient (Wildman–Crippen LogP) is 3.74. The van der Waals surface area contributed by atoms with Crippen molar-refractivity contribution in [2.24, 2.45) is 0 Å². The molecule has 0 saturated heterocycles. The maximum Gasteiger partial charge on any atom is 0.416 e. The zero-order valence-corrected chi connectivity index (χ0v) is 9.77. The molecule has 0 spiro atoms. The zero-order valence-electron chi connectivity index (χ0n) is 9.77. The highest BCUT2D eigenvalue weighted by Crippen LogP contribution is 2.34. The van der Waals surface area contributed by atoms with Gasteiger partial charge in [0.1, 0.15) is 0 Å². The van der Waals surface area contributed by atoms with Crippen molar-refractivity contribution < 1.29 is 13.2 Å². The molecule has 0 heterocycles. The third-order valence-corrected chi connectivity index (χ3v) is 3.49. The molecule has 0 unspecified atom stereocenters. The first-order valence-electron chi connectivity index (χ1n) is 5.81. The molecular formula is C13H16F3N. The van der Waals surface area contributed by atoms with E-state index in [-0.39, 0.29) is 12.1 Å². The number of alkyl halides is 3. The lowest BCUT2D eigenvalue weighted by molar-refractivity contribution is -0.138. The summed E-state index contributed by atoms with van der Waals surface area (Å²) in [6.07, 6.45) is -1.02. The molecule has 0 amide bonds. The highest BCUT2D eigenvalue weighted by atomic mass is 19.4. The van der Waals surface area contributed by atoms with Crippen LogP contribution in [0.1, 0.15) is 37.3 Å². The first kappa shape index (κ1) is 12.4. The zero-order chi connectivity index (χ0) is 12.5. The molecule has 0 aromatic heterocycles. The van der Waals surface area contributed by atoms with Crippen molar-refractivity contribution in [3.05, 3.63) is 35.4 Å². The number of hydrogen-bond donors (Lipinski definition) is 1. The third kappa shape index (κ3) is 2.80. The molecule has 1 saturated carbocycles. The maximum absolute atomic E-state index is 12.7. The molecule has 0 atom stereocenters. The van der Waals surface area contributed by atoms with Crippen LogP contribution in [-0.2, 0) is 12.7 Å². The lowest BCUT2D eigenvalue weighted by Gasteiger charge is -2.39. The fraction of sp³-hybridized carbons (Fsp3) is 0.538. The van der Waals surface area contributed by atoms with Gasteiger partial charge in [0, 0.05) is 12.1 Å². The number of benzene rings is 1. The predicted molar refractivity (Wildman–Crippen MR) is 60.5 cm³/mol. The van der Waals surface area contributed by atoms with Crippen molar-refractivity contribution >= 4 is 0 Å². The summed E-state index contributed by atoms with van der Waals surface area (Å²) >= 11 is 0.